The average Bonchev–Trinajstić information content (AvgIpc) is 3.15. The number of nitrogens with zero attached hydrogens (tertiary/aromatic N) is 5. The number of carbonyl (C=O) groups excluding carboxylic acids is 1. The molecule has 3 heterocycles. The third-order valence-electron chi connectivity index (χ3n) is 4.95. The zero-order chi connectivity index (χ0) is 22.8. The van der Waals surface area contributed by atoms with Gasteiger partial charge in [-0.1, -0.05) is 35.3 Å². The summed E-state index contributed by atoms with van der Waals surface area (Å²) in [6.45, 7) is 1.90. The van der Waals surface area contributed by atoms with Crippen LogP contribution >= 0.6 is 23.2 Å². The number of anilines is 2. The van der Waals surface area contributed by atoms with Gasteiger partial charge in [0.05, 0.1) is 21.8 Å². The van der Waals surface area contributed by atoms with Crippen molar-refractivity contribution in [3.63, 3.8) is 0 Å². The number of nitrogens with one attached hydrogen (secondary N) is 2. The van der Waals surface area contributed by atoms with E-state index in [9.17, 15) is 4.79 Å². The molecular formula is C21H20Cl2N8O. The van der Waals surface area contributed by atoms with E-state index in [4.69, 9.17) is 28.9 Å². The molecule has 0 fully saturated rings. The lowest BCUT2D eigenvalue weighted by Gasteiger charge is -2.18. The number of imidazole rings is 1. The van der Waals surface area contributed by atoms with Gasteiger partial charge in [-0.05, 0) is 30.7 Å². The molecule has 32 heavy (non-hydrogen) atoms. The number of amides is 1. The number of aromatic nitrogens is 5. The molecule has 0 aliphatic carbocycles. The number of aryl methyl sites for hydroxylation is 1. The maximum atomic E-state index is 12.5. The highest BCUT2D eigenvalue weighted by Gasteiger charge is 2.21. The monoisotopic (exact) mass is 470 g/mol. The predicted molar refractivity (Wildman–Crippen MR) is 125 cm³/mol. The highest BCUT2D eigenvalue weighted by molar-refractivity contribution is 6.42. The molecule has 0 radical (unpaired) electrons. The Morgan fingerprint density at radius 1 is 1.19 bits per heavy atom. The number of likely N-dealkylation sites (N-methyl/N-ethyl adjacent to an activating group) is 1. The van der Waals surface area contributed by atoms with Crippen molar-refractivity contribution in [1.82, 2.24) is 29.7 Å². The molecule has 1 amide bonds. The van der Waals surface area contributed by atoms with Gasteiger partial charge in [-0.25, -0.2) is 4.98 Å². The van der Waals surface area contributed by atoms with E-state index in [0.29, 0.717) is 21.4 Å². The first kappa shape index (κ1) is 21.8. The summed E-state index contributed by atoms with van der Waals surface area (Å²) in [7, 11) is 1.55. The summed E-state index contributed by atoms with van der Waals surface area (Å²) >= 11 is 12.4. The molecule has 0 bridgehead atoms. The lowest BCUT2D eigenvalue weighted by atomic mass is 10.1. The van der Waals surface area contributed by atoms with E-state index in [2.05, 4.69) is 30.6 Å². The molecule has 4 rings (SSSR count). The highest BCUT2D eigenvalue weighted by atomic mass is 35.5. The van der Waals surface area contributed by atoms with Crippen LogP contribution in [0.5, 0.6) is 0 Å². The number of fused-ring (bicyclic) bond motifs is 1. The lowest BCUT2D eigenvalue weighted by molar-refractivity contribution is -0.121. The fourth-order valence-corrected chi connectivity index (χ4v) is 3.70. The van der Waals surface area contributed by atoms with Crippen LogP contribution < -0.4 is 16.4 Å². The van der Waals surface area contributed by atoms with Crippen LogP contribution in [0.3, 0.4) is 0 Å². The fraction of sp³-hybridized carbons (Fsp3) is 0.190. The van der Waals surface area contributed by atoms with Crippen molar-refractivity contribution in [3.8, 4) is 11.4 Å². The second-order valence-electron chi connectivity index (χ2n) is 7.09. The van der Waals surface area contributed by atoms with Crippen molar-refractivity contribution in [2.45, 2.75) is 19.4 Å². The van der Waals surface area contributed by atoms with Gasteiger partial charge in [0.2, 0.25) is 17.8 Å². The van der Waals surface area contributed by atoms with E-state index < -0.39 is 6.04 Å². The fourth-order valence-electron chi connectivity index (χ4n) is 3.30. The Morgan fingerprint density at radius 2 is 2.00 bits per heavy atom. The quantitative estimate of drug-likeness (QED) is 0.395. The third kappa shape index (κ3) is 4.44. The first-order chi connectivity index (χ1) is 15.4. The van der Waals surface area contributed by atoms with E-state index >= 15 is 0 Å². The summed E-state index contributed by atoms with van der Waals surface area (Å²) in [4.78, 5) is 29.7. The van der Waals surface area contributed by atoms with Crippen LogP contribution in [0.1, 0.15) is 11.4 Å². The topological polar surface area (TPSA) is 123 Å². The smallest absolute Gasteiger partial charge is 0.242 e. The van der Waals surface area contributed by atoms with E-state index in [1.807, 2.05) is 35.7 Å². The highest BCUT2D eigenvalue weighted by Crippen LogP contribution is 2.27. The Hall–Kier alpha value is -3.43. The molecule has 0 unspecified atom stereocenters. The molecule has 4 aromatic rings. The number of halogens is 2. The molecule has 164 valence electrons. The SMILES string of the molecule is CNC(=O)[C@H](Cc1cccc(Cl)c1Cl)Nc1nc(N)nc(-c2ccc3cnc(C)n3c2)n1. The lowest BCUT2D eigenvalue weighted by Crippen LogP contribution is -2.40. The Bertz CT molecular complexity index is 1310. The van der Waals surface area contributed by atoms with E-state index in [0.717, 1.165) is 16.9 Å². The molecule has 3 aromatic heterocycles. The number of rotatable bonds is 6. The minimum absolute atomic E-state index is 0.0244. The van der Waals surface area contributed by atoms with Crippen LogP contribution in [0.4, 0.5) is 11.9 Å². The first-order valence-electron chi connectivity index (χ1n) is 9.72. The van der Waals surface area contributed by atoms with Crippen LogP contribution in [-0.4, -0.2) is 43.3 Å². The molecular weight excluding hydrogens is 451 g/mol. The number of nitrogen functional groups attached to an aromatic ring is 1. The van der Waals surface area contributed by atoms with Gasteiger partial charge < -0.3 is 20.8 Å². The second kappa shape index (κ2) is 8.97. The number of hydrogen-bond donors (Lipinski definition) is 3. The molecule has 1 atom stereocenters. The Balaban J connectivity index is 1.66. The van der Waals surface area contributed by atoms with Crippen molar-refractivity contribution >= 4 is 46.5 Å². The summed E-state index contributed by atoms with van der Waals surface area (Å²) in [6, 6.07) is 8.34. The van der Waals surface area contributed by atoms with Gasteiger partial charge in [0.25, 0.3) is 0 Å². The second-order valence-corrected chi connectivity index (χ2v) is 7.87. The molecule has 11 heteroatoms. The molecule has 0 saturated heterocycles. The van der Waals surface area contributed by atoms with Crippen molar-refractivity contribution in [1.29, 1.82) is 0 Å². The van der Waals surface area contributed by atoms with Crippen molar-refractivity contribution in [3.05, 3.63) is 64.2 Å². The van der Waals surface area contributed by atoms with Crippen molar-refractivity contribution in [2.75, 3.05) is 18.1 Å². The van der Waals surface area contributed by atoms with Crippen molar-refractivity contribution in [2.24, 2.45) is 0 Å². The number of carbonyl (C=O) groups is 1. The molecule has 1 aromatic carbocycles. The molecule has 0 saturated carbocycles. The molecule has 0 aliphatic rings. The first-order valence-corrected chi connectivity index (χ1v) is 10.5. The van der Waals surface area contributed by atoms with Gasteiger partial charge >= 0.3 is 0 Å². The normalized spacial score (nSPS) is 12.0. The van der Waals surface area contributed by atoms with Crippen LogP contribution in [0, 0.1) is 6.92 Å². The third-order valence-corrected chi connectivity index (χ3v) is 5.80. The van der Waals surface area contributed by atoms with Gasteiger partial charge in [0.15, 0.2) is 5.82 Å². The largest absolute Gasteiger partial charge is 0.368 e. The maximum absolute atomic E-state index is 12.5. The van der Waals surface area contributed by atoms with Crippen LogP contribution in [-0.2, 0) is 11.2 Å². The molecule has 4 N–H and O–H groups in total. The van der Waals surface area contributed by atoms with E-state index in [1.54, 1.807) is 25.4 Å². The van der Waals surface area contributed by atoms with Gasteiger partial charge in [-0.2, -0.15) is 15.0 Å². The van der Waals surface area contributed by atoms with E-state index in [-0.39, 0.29) is 24.2 Å². The number of benzene rings is 1. The summed E-state index contributed by atoms with van der Waals surface area (Å²) in [5, 5.41) is 6.48. The Labute approximate surface area is 194 Å². The maximum Gasteiger partial charge on any atom is 0.242 e. The zero-order valence-electron chi connectivity index (χ0n) is 17.3. The summed E-state index contributed by atoms with van der Waals surface area (Å²) < 4.78 is 1.93. The van der Waals surface area contributed by atoms with Gasteiger partial charge in [-0.15, -0.1) is 0 Å². The molecule has 9 nitrogen and oxygen atoms in total. The number of nitrogens with two attached hydrogens (primary N) is 1. The van der Waals surface area contributed by atoms with Gasteiger partial charge in [0, 0.05) is 25.2 Å². The van der Waals surface area contributed by atoms with Crippen LogP contribution in [0.2, 0.25) is 10.0 Å². The number of hydrogen-bond acceptors (Lipinski definition) is 7. The minimum Gasteiger partial charge on any atom is -0.368 e. The average molecular weight is 471 g/mol. The van der Waals surface area contributed by atoms with Crippen molar-refractivity contribution < 1.29 is 4.79 Å². The van der Waals surface area contributed by atoms with Gasteiger partial charge in [0.1, 0.15) is 11.9 Å². The predicted octanol–water partition coefficient (Wildman–Crippen LogP) is 3.15. The molecule has 0 aliphatic heterocycles. The zero-order valence-corrected chi connectivity index (χ0v) is 18.8. The van der Waals surface area contributed by atoms with Crippen LogP contribution in [0.25, 0.3) is 16.9 Å². The Morgan fingerprint density at radius 3 is 2.78 bits per heavy atom. The molecule has 0 spiro atoms. The number of pyridine rings is 1. The minimum atomic E-state index is -0.719. The summed E-state index contributed by atoms with van der Waals surface area (Å²) in [5.41, 5.74) is 8.33. The van der Waals surface area contributed by atoms with Gasteiger partial charge in [-0.3, -0.25) is 4.79 Å². The summed E-state index contributed by atoms with van der Waals surface area (Å²) in [5.74, 6) is 1.13. The van der Waals surface area contributed by atoms with Crippen LogP contribution in [0.15, 0.2) is 42.7 Å². The van der Waals surface area contributed by atoms with E-state index in [1.165, 1.54) is 0 Å². The standard InChI is InChI=1S/C21H20Cl2N8O/c1-11-26-9-14-7-6-13(10-31(11)14)18-28-20(24)30-21(29-18)27-16(19(32)25-2)8-12-4-3-5-15(22)17(12)23/h3-7,9-10,16H,8H2,1-2H3,(H,25,32)(H3,24,27,28,29,30)/t16-/m0/s1. The summed E-state index contributed by atoms with van der Waals surface area (Å²) in [6.07, 6.45) is 3.92. The Kier molecular flexibility index (Phi) is 6.11.